The fourth-order valence-corrected chi connectivity index (χ4v) is 4.83. The van der Waals surface area contributed by atoms with Crippen LogP contribution < -0.4 is 15.4 Å². The van der Waals surface area contributed by atoms with Crippen LogP contribution in [0.15, 0.2) is 65.5 Å². The Labute approximate surface area is 195 Å². The van der Waals surface area contributed by atoms with E-state index < -0.39 is 0 Å². The number of amides is 1. The van der Waals surface area contributed by atoms with Crippen LogP contribution in [0.5, 0.6) is 0 Å². The normalized spacial score (nSPS) is 17.7. The van der Waals surface area contributed by atoms with Crippen LogP contribution in [0, 0.1) is 11.3 Å². The maximum absolute atomic E-state index is 13.6. The summed E-state index contributed by atoms with van der Waals surface area (Å²) in [4.78, 5) is 35.1. The highest BCUT2D eigenvalue weighted by Gasteiger charge is 2.42. The minimum absolute atomic E-state index is 0.0396. The quantitative estimate of drug-likeness (QED) is 0.478. The van der Waals surface area contributed by atoms with E-state index in [4.69, 9.17) is 4.98 Å². The molecule has 0 bridgehead atoms. The SMILES string of the molecule is CC1C(=O)N(C)c2ccc(-n3c(=O)c4ccccc4n3-c3ccc(C#N)cc3)nc2N1C1CC1. The van der Waals surface area contributed by atoms with Gasteiger partial charge >= 0.3 is 0 Å². The van der Waals surface area contributed by atoms with E-state index >= 15 is 0 Å². The van der Waals surface area contributed by atoms with E-state index in [1.165, 1.54) is 0 Å². The topological polar surface area (TPSA) is 87.2 Å². The Morgan fingerprint density at radius 3 is 2.41 bits per heavy atom. The highest BCUT2D eigenvalue weighted by Crippen LogP contribution is 2.41. The third-order valence-electron chi connectivity index (χ3n) is 6.70. The Morgan fingerprint density at radius 1 is 0.971 bits per heavy atom. The first-order valence-electron chi connectivity index (χ1n) is 11.3. The summed E-state index contributed by atoms with van der Waals surface area (Å²) in [7, 11) is 1.77. The predicted octanol–water partition coefficient (Wildman–Crippen LogP) is 3.38. The van der Waals surface area contributed by atoms with Crippen molar-refractivity contribution in [2.45, 2.75) is 31.8 Å². The van der Waals surface area contributed by atoms with Crippen molar-refractivity contribution in [3.8, 4) is 17.6 Å². The summed E-state index contributed by atoms with van der Waals surface area (Å²) in [6.07, 6.45) is 2.05. The Kier molecular flexibility index (Phi) is 4.36. The van der Waals surface area contributed by atoms with Crippen LogP contribution in [0.25, 0.3) is 22.4 Å². The van der Waals surface area contributed by atoms with E-state index in [0.29, 0.717) is 16.8 Å². The number of benzene rings is 2. The third kappa shape index (κ3) is 2.87. The van der Waals surface area contributed by atoms with Gasteiger partial charge in [0.2, 0.25) is 5.91 Å². The lowest BCUT2D eigenvalue weighted by atomic mass is 10.1. The van der Waals surface area contributed by atoms with Crippen LogP contribution in [-0.4, -0.2) is 39.4 Å². The molecule has 0 spiro atoms. The predicted molar refractivity (Wildman–Crippen MR) is 130 cm³/mol. The van der Waals surface area contributed by atoms with Crippen LogP contribution in [0.3, 0.4) is 0 Å². The lowest BCUT2D eigenvalue weighted by Gasteiger charge is -2.39. The molecule has 1 aliphatic carbocycles. The molecule has 1 aliphatic heterocycles. The van der Waals surface area contributed by atoms with Crippen LogP contribution >= 0.6 is 0 Å². The molecule has 2 aromatic carbocycles. The number of para-hydroxylation sites is 1. The highest BCUT2D eigenvalue weighted by molar-refractivity contribution is 6.04. The Balaban J connectivity index is 1.61. The largest absolute Gasteiger partial charge is 0.340 e. The van der Waals surface area contributed by atoms with E-state index in [1.54, 1.807) is 40.9 Å². The first-order chi connectivity index (χ1) is 16.5. The molecular weight excluding hydrogens is 428 g/mol. The van der Waals surface area contributed by atoms with Crippen molar-refractivity contribution in [1.29, 1.82) is 5.26 Å². The zero-order chi connectivity index (χ0) is 23.6. The molecule has 0 saturated heterocycles. The smallest absolute Gasteiger partial charge is 0.281 e. The first-order valence-corrected chi connectivity index (χ1v) is 11.3. The van der Waals surface area contributed by atoms with Gasteiger partial charge in [-0.1, -0.05) is 12.1 Å². The molecule has 8 heteroatoms. The van der Waals surface area contributed by atoms with Gasteiger partial charge < -0.3 is 9.80 Å². The molecule has 168 valence electrons. The second-order valence-electron chi connectivity index (χ2n) is 8.83. The molecule has 6 rings (SSSR count). The molecule has 3 heterocycles. The fraction of sp³-hybridized carbons (Fsp3) is 0.231. The summed E-state index contributed by atoms with van der Waals surface area (Å²) < 4.78 is 3.40. The summed E-state index contributed by atoms with van der Waals surface area (Å²) in [5.41, 5.74) is 2.60. The molecule has 0 N–H and O–H groups in total. The average molecular weight is 451 g/mol. The Morgan fingerprint density at radius 2 is 1.71 bits per heavy atom. The number of fused-ring (bicyclic) bond motifs is 2. The summed E-state index contributed by atoms with van der Waals surface area (Å²) in [5.74, 6) is 1.24. The van der Waals surface area contributed by atoms with Gasteiger partial charge in [-0.05, 0) is 68.3 Å². The molecule has 1 saturated carbocycles. The molecule has 34 heavy (non-hydrogen) atoms. The number of anilines is 2. The van der Waals surface area contributed by atoms with Crippen LogP contribution in [0.2, 0.25) is 0 Å². The summed E-state index contributed by atoms with van der Waals surface area (Å²) in [6, 6.07) is 20.3. The number of nitriles is 1. The van der Waals surface area contributed by atoms with Gasteiger partial charge in [0.05, 0.1) is 33.9 Å². The minimum atomic E-state index is -0.311. The number of aromatic nitrogens is 3. The van der Waals surface area contributed by atoms with E-state index in [0.717, 1.165) is 35.6 Å². The minimum Gasteiger partial charge on any atom is -0.340 e. The van der Waals surface area contributed by atoms with Gasteiger partial charge in [-0.3, -0.25) is 9.59 Å². The van der Waals surface area contributed by atoms with Gasteiger partial charge in [-0.25, -0.2) is 9.67 Å². The number of pyridine rings is 1. The molecule has 1 unspecified atom stereocenters. The number of hydrogen-bond donors (Lipinski definition) is 0. The van der Waals surface area contributed by atoms with E-state index in [-0.39, 0.29) is 23.6 Å². The molecule has 2 aliphatic rings. The van der Waals surface area contributed by atoms with Crippen molar-refractivity contribution in [1.82, 2.24) is 14.3 Å². The monoisotopic (exact) mass is 450 g/mol. The van der Waals surface area contributed by atoms with Crippen LogP contribution in [0.4, 0.5) is 11.5 Å². The number of nitrogens with zero attached hydrogens (tertiary/aromatic N) is 6. The fourth-order valence-electron chi connectivity index (χ4n) is 4.83. The van der Waals surface area contributed by atoms with E-state index in [9.17, 15) is 14.9 Å². The zero-order valence-electron chi connectivity index (χ0n) is 18.8. The standard InChI is InChI=1S/C26H22N6O2/c1-16-25(33)29(2)22-13-14-23(28-24(22)30(16)18-11-12-18)32-26(34)20-5-3-4-6-21(20)31(32)19-9-7-17(15-27)8-10-19/h3-10,13-14,16,18H,11-12H2,1-2H3. The lowest BCUT2D eigenvalue weighted by molar-refractivity contribution is -0.119. The number of rotatable bonds is 3. The number of likely N-dealkylation sites (N-methyl/N-ethyl adjacent to an activating group) is 1. The van der Waals surface area contributed by atoms with Gasteiger partial charge in [0, 0.05) is 13.1 Å². The molecule has 1 atom stereocenters. The maximum atomic E-state index is 13.6. The maximum Gasteiger partial charge on any atom is 0.281 e. The molecule has 0 radical (unpaired) electrons. The van der Waals surface area contributed by atoms with Gasteiger partial charge in [0.25, 0.3) is 5.56 Å². The first kappa shape index (κ1) is 20.2. The van der Waals surface area contributed by atoms with Crippen molar-refractivity contribution < 1.29 is 4.79 Å². The molecule has 2 aromatic heterocycles. The average Bonchev–Trinajstić information content (AvgIpc) is 3.66. The van der Waals surface area contributed by atoms with Crippen LogP contribution in [0.1, 0.15) is 25.3 Å². The second kappa shape index (κ2) is 7.32. The van der Waals surface area contributed by atoms with Crippen LogP contribution in [-0.2, 0) is 4.79 Å². The molecule has 4 aromatic rings. The molecular formula is C26H22N6O2. The Hall–Kier alpha value is -4.38. The van der Waals surface area contributed by atoms with Crippen molar-refractivity contribution >= 4 is 28.3 Å². The van der Waals surface area contributed by atoms with Crippen molar-refractivity contribution in [2.75, 3.05) is 16.8 Å². The zero-order valence-corrected chi connectivity index (χ0v) is 18.8. The second-order valence-corrected chi connectivity index (χ2v) is 8.83. The lowest BCUT2D eigenvalue weighted by Crippen LogP contribution is -2.52. The highest BCUT2D eigenvalue weighted by atomic mass is 16.2. The number of hydrogen-bond acceptors (Lipinski definition) is 5. The molecule has 8 nitrogen and oxygen atoms in total. The van der Waals surface area contributed by atoms with E-state index in [1.807, 2.05) is 48.0 Å². The van der Waals surface area contributed by atoms with Gasteiger partial charge in [0.1, 0.15) is 6.04 Å². The molecule has 1 amide bonds. The number of carbonyl (C=O) groups excluding carboxylic acids is 1. The van der Waals surface area contributed by atoms with Crippen molar-refractivity contribution in [2.24, 2.45) is 0 Å². The van der Waals surface area contributed by atoms with Gasteiger partial charge in [-0.2, -0.15) is 9.94 Å². The van der Waals surface area contributed by atoms with Gasteiger partial charge in [0.15, 0.2) is 11.6 Å². The summed E-state index contributed by atoms with van der Waals surface area (Å²) >= 11 is 0. The van der Waals surface area contributed by atoms with Gasteiger partial charge in [-0.15, -0.1) is 0 Å². The number of carbonyl (C=O) groups is 1. The molecule has 1 fully saturated rings. The van der Waals surface area contributed by atoms with Crippen molar-refractivity contribution in [3.05, 3.63) is 76.6 Å². The third-order valence-corrected chi connectivity index (χ3v) is 6.70. The summed E-state index contributed by atoms with van der Waals surface area (Å²) in [5, 5.41) is 9.78. The Bertz CT molecular complexity index is 1560. The van der Waals surface area contributed by atoms with E-state index in [2.05, 4.69) is 11.0 Å². The summed E-state index contributed by atoms with van der Waals surface area (Å²) in [6.45, 7) is 1.91. The van der Waals surface area contributed by atoms with Crippen molar-refractivity contribution in [3.63, 3.8) is 0 Å².